The van der Waals surface area contributed by atoms with Crippen molar-refractivity contribution >= 4 is 0 Å². The highest BCUT2D eigenvalue weighted by molar-refractivity contribution is 5.01. The fourth-order valence-corrected chi connectivity index (χ4v) is 1.10. The van der Waals surface area contributed by atoms with Gasteiger partial charge in [0.05, 0.1) is 0 Å². The highest BCUT2D eigenvalue weighted by Gasteiger charge is 2.05. The smallest absolute Gasteiger partial charge is 0.115 e. The number of nitrogens with zero attached hydrogens (tertiary/aromatic N) is 2. The molecule has 0 amide bonds. The quantitative estimate of drug-likeness (QED) is 0.775. The molecule has 0 bridgehead atoms. The normalized spacial score (nSPS) is 13.1. The zero-order chi connectivity index (χ0) is 10.4. The van der Waals surface area contributed by atoms with Crippen molar-refractivity contribution in [2.45, 2.75) is 27.3 Å². The van der Waals surface area contributed by atoms with Gasteiger partial charge in [-0.25, -0.2) is 9.97 Å². The lowest BCUT2D eigenvalue weighted by atomic mass is 9.98. The van der Waals surface area contributed by atoms with E-state index in [4.69, 9.17) is 0 Å². The Balaban J connectivity index is 2.22. The van der Waals surface area contributed by atoms with Crippen molar-refractivity contribution in [2.75, 3.05) is 6.54 Å². The van der Waals surface area contributed by atoms with E-state index < -0.39 is 0 Å². The molecule has 3 heteroatoms. The van der Waals surface area contributed by atoms with Gasteiger partial charge in [0.2, 0.25) is 0 Å². The van der Waals surface area contributed by atoms with E-state index in [9.17, 15) is 0 Å². The maximum absolute atomic E-state index is 3.97. The maximum Gasteiger partial charge on any atom is 0.115 e. The van der Waals surface area contributed by atoms with Gasteiger partial charge in [0.15, 0.2) is 0 Å². The van der Waals surface area contributed by atoms with E-state index in [2.05, 4.69) is 36.1 Å². The zero-order valence-corrected chi connectivity index (χ0v) is 9.20. The lowest BCUT2D eigenvalue weighted by Gasteiger charge is -2.15. The van der Waals surface area contributed by atoms with Crippen molar-refractivity contribution in [3.63, 3.8) is 0 Å². The zero-order valence-electron chi connectivity index (χ0n) is 9.20. The van der Waals surface area contributed by atoms with Crippen LogP contribution in [0, 0.1) is 11.8 Å². The molecule has 0 radical (unpaired) electrons. The van der Waals surface area contributed by atoms with E-state index >= 15 is 0 Å². The van der Waals surface area contributed by atoms with Crippen LogP contribution < -0.4 is 5.32 Å². The number of aromatic nitrogens is 2. The molecule has 78 valence electrons. The van der Waals surface area contributed by atoms with E-state index in [1.165, 1.54) is 0 Å². The van der Waals surface area contributed by atoms with Crippen molar-refractivity contribution < 1.29 is 0 Å². The molecule has 1 N–H and O–H groups in total. The third-order valence-corrected chi connectivity index (χ3v) is 2.55. The van der Waals surface area contributed by atoms with Crippen LogP contribution in [0.1, 0.15) is 26.3 Å². The molecular formula is C11H19N3. The summed E-state index contributed by atoms with van der Waals surface area (Å²) in [7, 11) is 0. The van der Waals surface area contributed by atoms with Crippen LogP contribution in [0.25, 0.3) is 0 Å². The summed E-state index contributed by atoms with van der Waals surface area (Å²) in [5.74, 6) is 1.44. The second-order valence-electron chi connectivity index (χ2n) is 4.10. The maximum atomic E-state index is 3.97. The van der Waals surface area contributed by atoms with Crippen LogP contribution in [-0.2, 0) is 6.54 Å². The topological polar surface area (TPSA) is 37.8 Å². The Morgan fingerprint density at radius 2 is 1.86 bits per heavy atom. The van der Waals surface area contributed by atoms with E-state index in [-0.39, 0.29) is 0 Å². The summed E-state index contributed by atoms with van der Waals surface area (Å²) in [5, 5.41) is 3.40. The van der Waals surface area contributed by atoms with E-state index in [0.717, 1.165) is 24.6 Å². The molecule has 0 spiro atoms. The first-order chi connectivity index (χ1) is 6.70. The van der Waals surface area contributed by atoms with Crippen molar-refractivity contribution in [2.24, 2.45) is 11.8 Å². The second-order valence-corrected chi connectivity index (χ2v) is 4.10. The van der Waals surface area contributed by atoms with Gasteiger partial charge in [-0.3, -0.25) is 0 Å². The molecular weight excluding hydrogens is 174 g/mol. The Bertz CT molecular complexity index is 246. The molecule has 1 unspecified atom stereocenters. The van der Waals surface area contributed by atoms with E-state index in [1.54, 1.807) is 6.33 Å². The lowest BCUT2D eigenvalue weighted by molar-refractivity contribution is 0.392. The molecule has 0 saturated carbocycles. The Labute approximate surface area is 86.0 Å². The second kappa shape index (κ2) is 5.70. The summed E-state index contributed by atoms with van der Waals surface area (Å²) in [5.41, 5.74) is 1.14. The fourth-order valence-electron chi connectivity index (χ4n) is 1.10. The molecule has 0 aliphatic carbocycles. The molecule has 0 aliphatic rings. The average Bonchev–Trinajstić information content (AvgIpc) is 2.19. The van der Waals surface area contributed by atoms with Gasteiger partial charge in [-0.15, -0.1) is 0 Å². The summed E-state index contributed by atoms with van der Waals surface area (Å²) in [4.78, 5) is 7.93. The summed E-state index contributed by atoms with van der Waals surface area (Å²) in [6, 6.07) is 0. The van der Waals surface area contributed by atoms with Gasteiger partial charge in [0, 0.05) is 24.5 Å². The van der Waals surface area contributed by atoms with Gasteiger partial charge in [-0.05, 0) is 18.4 Å². The Kier molecular flexibility index (Phi) is 4.53. The van der Waals surface area contributed by atoms with Gasteiger partial charge in [-0.1, -0.05) is 20.8 Å². The molecule has 1 heterocycles. The first-order valence-electron chi connectivity index (χ1n) is 5.14. The summed E-state index contributed by atoms with van der Waals surface area (Å²) < 4.78 is 0. The highest BCUT2D eigenvalue weighted by Crippen LogP contribution is 2.07. The number of hydrogen-bond donors (Lipinski definition) is 1. The van der Waals surface area contributed by atoms with E-state index in [1.807, 2.05) is 12.4 Å². The average molecular weight is 193 g/mol. The van der Waals surface area contributed by atoms with Crippen LogP contribution in [0.5, 0.6) is 0 Å². The number of hydrogen-bond acceptors (Lipinski definition) is 3. The molecule has 3 nitrogen and oxygen atoms in total. The Morgan fingerprint density at radius 3 is 2.43 bits per heavy atom. The minimum Gasteiger partial charge on any atom is -0.312 e. The molecule has 14 heavy (non-hydrogen) atoms. The van der Waals surface area contributed by atoms with Crippen LogP contribution in [0.15, 0.2) is 18.7 Å². The third-order valence-electron chi connectivity index (χ3n) is 2.55. The number of nitrogens with one attached hydrogen (secondary N) is 1. The van der Waals surface area contributed by atoms with Crippen LogP contribution in [-0.4, -0.2) is 16.5 Å². The van der Waals surface area contributed by atoms with Crippen molar-refractivity contribution in [3.8, 4) is 0 Å². The molecule has 1 atom stereocenters. The van der Waals surface area contributed by atoms with Crippen LogP contribution in [0.4, 0.5) is 0 Å². The first-order valence-corrected chi connectivity index (χ1v) is 5.14. The van der Waals surface area contributed by atoms with Crippen molar-refractivity contribution in [1.82, 2.24) is 15.3 Å². The largest absolute Gasteiger partial charge is 0.312 e. The predicted molar refractivity (Wildman–Crippen MR) is 57.7 cm³/mol. The molecule has 0 saturated heterocycles. The van der Waals surface area contributed by atoms with Crippen LogP contribution in [0.3, 0.4) is 0 Å². The predicted octanol–water partition coefficient (Wildman–Crippen LogP) is 1.86. The SMILES string of the molecule is CC(C)C(C)CNCc1cncnc1. The number of rotatable bonds is 5. The van der Waals surface area contributed by atoms with Crippen molar-refractivity contribution in [1.29, 1.82) is 0 Å². The van der Waals surface area contributed by atoms with Gasteiger partial charge >= 0.3 is 0 Å². The summed E-state index contributed by atoms with van der Waals surface area (Å²) in [6.45, 7) is 8.67. The third kappa shape index (κ3) is 3.83. The minimum atomic E-state index is 0.708. The summed E-state index contributed by atoms with van der Waals surface area (Å²) in [6.07, 6.45) is 5.25. The molecule has 0 fully saturated rings. The Morgan fingerprint density at radius 1 is 1.21 bits per heavy atom. The molecule has 1 aromatic heterocycles. The fraction of sp³-hybridized carbons (Fsp3) is 0.636. The van der Waals surface area contributed by atoms with Crippen LogP contribution >= 0.6 is 0 Å². The van der Waals surface area contributed by atoms with Crippen molar-refractivity contribution in [3.05, 3.63) is 24.3 Å². The van der Waals surface area contributed by atoms with E-state index in [0.29, 0.717) is 5.92 Å². The van der Waals surface area contributed by atoms with Gasteiger partial charge in [0.1, 0.15) is 6.33 Å². The lowest BCUT2D eigenvalue weighted by Crippen LogP contribution is -2.23. The Hall–Kier alpha value is -0.960. The highest BCUT2D eigenvalue weighted by atomic mass is 14.9. The van der Waals surface area contributed by atoms with Gasteiger partial charge < -0.3 is 5.32 Å². The summed E-state index contributed by atoms with van der Waals surface area (Å²) >= 11 is 0. The van der Waals surface area contributed by atoms with Gasteiger partial charge in [0.25, 0.3) is 0 Å². The van der Waals surface area contributed by atoms with Gasteiger partial charge in [-0.2, -0.15) is 0 Å². The molecule has 0 aromatic carbocycles. The van der Waals surface area contributed by atoms with Crippen LogP contribution in [0.2, 0.25) is 0 Å². The monoisotopic (exact) mass is 193 g/mol. The molecule has 0 aliphatic heterocycles. The minimum absolute atomic E-state index is 0.708. The standard InChI is InChI=1S/C11H19N3/c1-9(2)10(3)4-12-5-11-6-13-8-14-7-11/h6-10,12H,4-5H2,1-3H3. The first kappa shape index (κ1) is 11.1. The molecule has 1 aromatic rings. The molecule has 1 rings (SSSR count).